The van der Waals surface area contributed by atoms with Gasteiger partial charge >= 0.3 is 0 Å². The molecule has 0 radical (unpaired) electrons. The molecule has 0 spiro atoms. The maximum absolute atomic E-state index is 11.6. The molecule has 0 saturated heterocycles. The summed E-state index contributed by atoms with van der Waals surface area (Å²) >= 11 is 0. The zero-order valence-corrected chi connectivity index (χ0v) is 21.8. The molecule has 0 bridgehead atoms. The molecule has 0 aliphatic heterocycles. The SMILES string of the molecule is CC[C@H](CC[C@@H](C)[C@H]1CC[C@H]2[C@@H]3[C@@H](O)C[C@@]4(O)C[C@@H](O)CC[C@]4(C)[C@H]3CC[C@]12C)C(C)C. The van der Waals surface area contributed by atoms with Gasteiger partial charge in [0, 0.05) is 12.8 Å². The van der Waals surface area contributed by atoms with Crippen molar-refractivity contribution in [2.45, 2.75) is 130 Å². The topological polar surface area (TPSA) is 60.7 Å². The van der Waals surface area contributed by atoms with Crippen LogP contribution in [0.2, 0.25) is 0 Å². The Morgan fingerprint density at radius 1 is 0.875 bits per heavy atom. The van der Waals surface area contributed by atoms with Crippen LogP contribution in [0.4, 0.5) is 0 Å². The minimum atomic E-state index is -0.906. The van der Waals surface area contributed by atoms with E-state index in [1.807, 2.05) is 0 Å². The molecule has 4 aliphatic rings. The van der Waals surface area contributed by atoms with Crippen molar-refractivity contribution in [3.05, 3.63) is 0 Å². The van der Waals surface area contributed by atoms with Crippen molar-refractivity contribution < 1.29 is 15.3 Å². The van der Waals surface area contributed by atoms with Crippen LogP contribution in [0.15, 0.2) is 0 Å². The molecule has 4 aliphatic carbocycles. The second-order valence-corrected chi connectivity index (χ2v) is 13.6. The zero-order valence-electron chi connectivity index (χ0n) is 21.8. The lowest BCUT2D eigenvalue weighted by Crippen LogP contribution is -2.66. The predicted molar refractivity (Wildman–Crippen MR) is 131 cm³/mol. The highest BCUT2D eigenvalue weighted by molar-refractivity contribution is 5.16. The lowest BCUT2D eigenvalue weighted by atomic mass is 9.42. The molecule has 0 aromatic heterocycles. The normalized spacial score (nSPS) is 50.4. The van der Waals surface area contributed by atoms with Gasteiger partial charge in [-0.2, -0.15) is 0 Å². The maximum Gasteiger partial charge on any atom is 0.0753 e. The van der Waals surface area contributed by atoms with Gasteiger partial charge in [0.25, 0.3) is 0 Å². The maximum atomic E-state index is 11.6. The molecule has 3 N–H and O–H groups in total. The summed E-state index contributed by atoms with van der Waals surface area (Å²) < 4.78 is 0. The van der Waals surface area contributed by atoms with Gasteiger partial charge in [0.2, 0.25) is 0 Å². The van der Waals surface area contributed by atoms with Crippen LogP contribution in [0.25, 0.3) is 0 Å². The minimum absolute atomic E-state index is 0.160. The van der Waals surface area contributed by atoms with Gasteiger partial charge in [0.15, 0.2) is 0 Å². The van der Waals surface area contributed by atoms with Gasteiger partial charge in [-0.15, -0.1) is 0 Å². The lowest BCUT2D eigenvalue weighted by molar-refractivity contribution is -0.249. The van der Waals surface area contributed by atoms with Crippen LogP contribution in [0, 0.1) is 52.3 Å². The second-order valence-electron chi connectivity index (χ2n) is 13.6. The molecule has 0 unspecified atom stereocenters. The highest BCUT2D eigenvalue weighted by Crippen LogP contribution is 2.69. The van der Waals surface area contributed by atoms with Gasteiger partial charge in [-0.3, -0.25) is 0 Å². The summed E-state index contributed by atoms with van der Waals surface area (Å²) in [6.07, 6.45) is 10.7. The van der Waals surface area contributed by atoms with Crippen LogP contribution in [0.1, 0.15) is 112 Å². The number of aliphatic hydroxyl groups excluding tert-OH is 2. The van der Waals surface area contributed by atoms with Crippen LogP contribution < -0.4 is 0 Å². The van der Waals surface area contributed by atoms with E-state index in [1.54, 1.807) is 0 Å². The summed E-state index contributed by atoms with van der Waals surface area (Å²) in [5.41, 5.74) is -0.732. The summed E-state index contributed by atoms with van der Waals surface area (Å²) in [5, 5.41) is 33.4. The summed E-state index contributed by atoms with van der Waals surface area (Å²) in [7, 11) is 0. The van der Waals surface area contributed by atoms with Gasteiger partial charge in [0.05, 0.1) is 17.8 Å². The van der Waals surface area contributed by atoms with Crippen molar-refractivity contribution in [3.8, 4) is 0 Å². The number of rotatable bonds is 6. The molecule has 0 aromatic carbocycles. The first-order valence-electron chi connectivity index (χ1n) is 14.1. The molecular formula is C29H52O3. The first kappa shape index (κ1) is 25.0. The largest absolute Gasteiger partial charge is 0.393 e. The second kappa shape index (κ2) is 8.83. The number of hydrogen-bond donors (Lipinski definition) is 3. The quantitative estimate of drug-likeness (QED) is 0.454. The number of fused-ring (bicyclic) bond motifs is 5. The fraction of sp³-hybridized carbons (Fsp3) is 1.00. The molecule has 4 rings (SSSR count). The Bertz CT molecular complexity index is 663. The first-order chi connectivity index (χ1) is 15.0. The van der Waals surface area contributed by atoms with Crippen LogP contribution in [-0.2, 0) is 0 Å². The minimum Gasteiger partial charge on any atom is -0.393 e. The molecule has 4 saturated carbocycles. The first-order valence-corrected chi connectivity index (χ1v) is 14.1. The Labute approximate surface area is 197 Å². The molecule has 186 valence electrons. The zero-order chi connectivity index (χ0) is 23.5. The Balaban J connectivity index is 1.52. The average molecular weight is 449 g/mol. The van der Waals surface area contributed by atoms with E-state index in [4.69, 9.17) is 0 Å². The van der Waals surface area contributed by atoms with Gasteiger partial charge in [-0.1, -0.05) is 54.4 Å². The standard InChI is InChI=1S/C29H52O3/c1-7-20(18(2)3)9-8-19(4)22-10-11-23-26-24(13-14-27(22,23)5)28(6)15-12-21(30)16-29(28,32)17-25(26)31/h18-26,30-32H,7-17H2,1-6H3/t19-,20-,21+,22-,23+,24+,25+,26+,27-,28-,29+/m1/s1. The molecule has 0 heterocycles. The average Bonchev–Trinajstić information content (AvgIpc) is 3.06. The predicted octanol–water partition coefficient (Wildman–Crippen LogP) is 6.19. The van der Waals surface area contributed by atoms with Crippen molar-refractivity contribution >= 4 is 0 Å². The number of hydrogen-bond acceptors (Lipinski definition) is 3. The van der Waals surface area contributed by atoms with Crippen LogP contribution in [0.3, 0.4) is 0 Å². The van der Waals surface area contributed by atoms with E-state index in [0.29, 0.717) is 36.0 Å². The van der Waals surface area contributed by atoms with Gasteiger partial charge < -0.3 is 15.3 Å². The molecule has 0 amide bonds. The fourth-order valence-corrected chi connectivity index (χ4v) is 9.89. The van der Waals surface area contributed by atoms with Crippen molar-refractivity contribution in [2.75, 3.05) is 0 Å². The molecular weight excluding hydrogens is 396 g/mol. The monoisotopic (exact) mass is 448 g/mol. The highest BCUT2D eigenvalue weighted by Gasteiger charge is 2.67. The van der Waals surface area contributed by atoms with E-state index < -0.39 is 17.8 Å². The van der Waals surface area contributed by atoms with Crippen molar-refractivity contribution in [3.63, 3.8) is 0 Å². The van der Waals surface area contributed by atoms with Crippen LogP contribution in [-0.4, -0.2) is 33.1 Å². The summed E-state index contributed by atoms with van der Waals surface area (Å²) in [5.74, 6) is 4.45. The van der Waals surface area contributed by atoms with Crippen molar-refractivity contribution in [2.24, 2.45) is 52.3 Å². The van der Waals surface area contributed by atoms with E-state index in [0.717, 1.165) is 42.9 Å². The fourth-order valence-electron chi connectivity index (χ4n) is 9.89. The van der Waals surface area contributed by atoms with Crippen molar-refractivity contribution in [1.82, 2.24) is 0 Å². The molecule has 11 atom stereocenters. The smallest absolute Gasteiger partial charge is 0.0753 e. The van der Waals surface area contributed by atoms with Crippen LogP contribution in [0.5, 0.6) is 0 Å². The summed E-state index contributed by atoms with van der Waals surface area (Å²) in [6.45, 7) is 14.5. The Hall–Kier alpha value is -0.120. The Morgan fingerprint density at radius 3 is 2.25 bits per heavy atom. The third kappa shape index (κ3) is 3.81. The summed E-state index contributed by atoms with van der Waals surface area (Å²) in [4.78, 5) is 0. The van der Waals surface area contributed by atoms with E-state index in [9.17, 15) is 15.3 Å². The van der Waals surface area contributed by atoms with E-state index in [2.05, 4.69) is 41.5 Å². The number of aliphatic hydroxyl groups is 3. The van der Waals surface area contributed by atoms with Gasteiger partial charge in [0.1, 0.15) is 0 Å². The van der Waals surface area contributed by atoms with E-state index >= 15 is 0 Å². The molecule has 3 nitrogen and oxygen atoms in total. The lowest BCUT2D eigenvalue weighted by Gasteiger charge is -2.65. The molecule has 3 heteroatoms. The highest BCUT2D eigenvalue weighted by atomic mass is 16.3. The van der Waals surface area contributed by atoms with E-state index in [1.165, 1.54) is 38.5 Å². The third-order valence-corrected chi connectivity index (χ3v) is 12.0. The Morgan fingerprint density at radius 2 is 1.59 bits per heavy atom. The van der Waals surface area contributed by atoms with E-state index in [-0.39, 0.29) is 5.41 Å². The van der Waals surface area contributed by atoms with Gasteiger partial charge in [-0.25, -0.2) is 0 Å². The molecule has 32 heavy (non-hydrogen) atoms. The van der Waals surface area contributed by atoms with Crippen LogP contribution >= 0.6 is 0 Å². The van der Waals surface area contributed by atoms with Gasteiger partial charge in [-0.05, 0) is 97.2 Å². The third-order valence-electron chi connectivity index (χ3n) is 12.0. The Kier molecular flexibility index (Phi) is 6.89. The molecule has 4 fully saturated rings. The molecule has 0 aromatic rings. The van der Waals surface area contributed by atoms with Crippen molar-refractivity contribution in [1.29, 1.82) is 0 Å². The summed E-state index contributed by atoms with van der Waals surface area (Å²) in [6, 6.07) is 0.